The third kappa shape index (κ3) is 4.73. The van der Waals surface area contributed by atoms with Gasteiger partial charge < -0.3 is 16.4 Å². The first-order valence-corrected chi connectivity index (χ1v) is 11.2. The topological polar surface area (TPSA) is 84.2 Å². The van der Waals surface area contributed by atoms with Gasteiger partial charge in [0.1, 0.15) is 6.04 Å². The molecule has 0 heterocycles. The van der Waals surface area contributed by atoms with Crippen molar-refractivity contribution in [1.82, 2.24) is 5.32 Å². The van der Waals surface area contributed by atoms with Gasteiger partial charge in [-0.3, -0.25) is 9.59 Å². The third-order valence-electron chi connectivity index (χ3n) is 6.48. The van der Waals surface area contributed by atoms with Crippen molar-refractivity contribution in [2.24, 2.45) is 11.7 Å². The van der Waals surface area contributed by atoms with Gasteiger partial charge in [-0.1, -0.05) is 37.5 Å². The Hall–Kier alpha value is -2.66. The molecule has 2 aliphatic carbocycles. The first-order valence-electron chi connectivity index (χ1n) is 11.2. The van der Waals surface area contributed by atoms with Gasteiger partial charge in [-0.15, -0.1) is 0 Å². The highest BCUT2D eigenvalue weighted by molar-refractivity contribution is 6.01. The van der Waals surface area contributed by atoms with E-state index in [1.807, 2.05) is 18.2 Å². The summed E-state index contributed by atoms with van der Waals surface area (Å²) in [5.74, 6) is -0.178. The maximum Gasteiger partial charge on any atom is 0.251 e. The summed E-state index contributed by atoms with van der Waals surface area (Å²) in [7, 11) is 0. The highest BCUT2D eigenvalue weighted by atomic mass is 16.2. The lowest BCUT2D eigenvalue weighted by molar-refractivity contribution is -0.119. The van der Waals surface area contributed by atoms with Crippen LogP contribution in [0.5, 0.6) is 0 Å². The van der Waals surface area contributed by atoms with Crippen LogP contribution in [0.25, 0.3) is 0 Å². The van der Waals surface area contributed by atoms with Crippen molar-refractivity contribution in [2.45, 2.75) is 64.0 Å². The van der Waals surface area contributed by atoms with E-state index < -0.39 is 6.04 Å². The molecule has 5 heteroatoms. The first-order chi connectivity index (χ1) is 14.6. The zero-order valence-electron chi connectivity index (χ0n) is 17.5. The van der Waals surface area contributed by atoms with Crippen LogP contribution in [0.1, 0.15) is 65.6 Å². The number of hydrogen-bond acceptors (Lipinski definition) is 3. The van der Waals surface area contributed by atoms with Crippen molar-refractivity contribution in [3.8, 4) is 0 Å². The lowest BCUT2D eigenvalue weighted by atomic mass is 9.83. The van der Waals surface area contributed by atoms with E-state index in [1.54, 1.807) is 12.1 Å². The number of anilines is 1. The third-order valence-corrected chi connectivity index (χ3v) is 6.48. The van der Waals surface area contributed by atoms with Crippen LogP contribution in [0.4, 0.5) is 5.69 Å². The predicted molar refractivity (Wildman–Crippen MR) is 119 cm³/mol. The average molecular weight is 406 g/mol. The monoisotopic (exact) mass is 405 g/mol. The molecule has 0 radical (unpaired) electrons. The van der Waals surface area contributed by atoms with E-state index in [2.05, 4.69) is 22.8 Å². The Labute approximate surface area is 178 Å². The minimum Gasteiger partial charge on any atom is -0.340 e. The van der Waals surface area contributed by atoms with E-state index in [-0.39, 0.29) is 17.7 Å². The molecule has 4 rings (SSSR count). The number of rotatable bonds is 6. The summed E-state index contributed by atoms with van der Waals surface area (Å²) < 4.78 is 0. The molecule has 0 bridgehead atoms. The molecular formula is C25H31N3O2. The highest BCUT2D eigenvalue weighted by Crippen LogP contribution is 2.29. The van der Waals surface area contributed by atoms with Gasteiger partial charge in [0, 0.05) is 17.8 Å². The van der Waals surface area contributed by atoms with Gasteiger partial charge in [-0.2, -0.15) is 0 Å². The zero-order chi connectivity index (χ0) is 20.9. The molecule has 158 valence electrons. The van der Waals surface area contributed by atoms with Crippen LogP contribution >= 0.6 is 0 Å². The number of benzene rings is 2. The van der Waals surface area contributed by atoms with Crippen LogP contribution in [-0.4, -0.2) is 17.9 Å². The maximum atomic E-state index is 13.3. The zero-order valence-corrected chi connectivity index (χ0v) is 17.5. The molecule has 4 N–H and O–H groups in total. The van der Waals surface area contributed by atoms with Crippen molar-refractivity contribution in [3.63, 3.8) is 0 Å². The molecule has 1 fully saturated rings. The van der Waals surface area contributed by atoms with E-state index in [9.17, 15) is 9.59 Å². The van der Waals surface area contributed by atoms with E-state index in [0.29, 0.717) is 12.1 Å². The van der Waals surface area contributed by atoms with Crippen LogP contribution in [0.3, 0.4) is 0 Å². The average Bonchev–Trinajstić information content (AvgIpc) is 3.25. The van der Waals surface area contributed by atoms with Crippen molar-refractivity contribution >= 4 is 17.5 Å². The molecule has 30 heavy (non-hydrogen) atoms. The SMILES string of the molecule is NCc1cccc(C(=O)N[C@@H](C(=O)Nc2ccc3c(c2)CCC3)C2CCCCC2)c1. The molecule has 2 amide bonds. The number of nitrogens with two attached hydrogens (primary N) is 1. The van der Waals surface area contributed by atoms with Gasteiger partial charge in [0.05, 0.1) is 0 Å². The van der Waals surface area contributed by atoms with Crippen LogP contribution in [-0.2, 0) is 24.2 Å². The fraction of sp³-hybridized carbons (Fsp3) is 0.440. The van der Waals surface area contributed by atoms with Crippen molar-refractivity contribution in [3.05, 3.63) is 64.7 Å². The Kier molecular flexibility index (Phi) is 6.48. The molecule has 5 nitrogen and oxygen atoms in total. The van der Waals surface area contributed by atoms with E-state index in [0.717, 1.165) is 49.8 Å². The number of carbonyl (C=O) groups is 2. The minimum atomic E-state index is -0.535. The van der Waals surface area contributed by atoms with E-state index in [4.69, 9.17) is 5.73 Å². The van der Waals surface area contributed by atoms with Gasteiger partial charge in [-0.05, 0) is 79.0 Å². The highest BCUT2D eigenvalue weighted by Gasteiger charge is 2.31. The number of amides is 2. The van der Waals surface area contributed by atoms with Gasteiger partial charge in [0.2, 0.25) is 5.91 Å². The maximum absolute atomic E-state index is 13.3. The Balaban J connectivity index is 1.51. The number of aryl methyl sites for hydroxylation is 2. The van der Waals surface area contributed by atoms with Gasteiger partial charge >= 0.3 is 0 Å². The summed E-state index contributed by atoms with van der Waals surface area (Å²) in [6.07, 6.45) is 8.69. The van der Waals surface area contributed by atoms with Gasteiger partial charge in [0.25, 0.3) is 5.91 Å². The molecule has 2 aromatic carbocycles. The number of nitrogens with one attached hydrogen (secondary N) is 2. The second kappa shape index (κ2) is 9.43. The molecular weight excluding hydrogens is 374 g/mol. The predicted octanol–water partition coefficient (Wildman–Crippen LogP) is 3.95. The van der Waals surface area contributed by atoms with Crippen molar-refractivity contribution < 1.29 is 9.59 Å². The van der Waals surface area contributed by atoms with Crippen molar-refractivity contribution in [2.75, 3.05) is 5.32 Å². The lowest BCUT2D eigenvalue weighted by Crippen LogP contribution is -2.49. The van der Waals surface area contributed by atoms with Crippen LogP contribution < -0.4 is 16.4 Å². The first kappa shape index (κ1) is 20.6. The minimum absolute atomic E-state index is 0.122. The Morgan fingerprint density at radius 3 is 2.57 bits per heavy atom. The quantitative estimate of drug-likeness (QED) is 0.680. The van der Waals surface area contributed by atoms with Gasteiger partial charge in [0.15, 0.2) is 0 Å². The molecule has 0 aromatic heterocycles. The summed E-state index contributed by atoms with van der Waals surface area (Å²) in [5, 5.41) is 6.11. The normalized spacial score (nSPS) is 17.2. The summed E-state index contributed by atoms with van der Waals surface area (Å²) in [4.78, 5) is 26.2. The van der Waals surface area contributed by atoms with Crippen LogP contribution in [0.2, 0.25) is 0 Å². The smallest absolute Gasteiger partial charge is 0.251 e. The van der Waals surface area contributed by atoms with Crippen LogP contribution in [0, 0.1) is 5.92 Å². The Morgan fingerprint density at radius 2 is 1.77 bits per heavy atom. The molecule has 2 aliphatic rings. The number of hydrogen-bond donors (Lipinski definition) is 3. The largest absolute Gasteiger partial charge is 0.340 e. The van der Waals surface area contributed by atoms with Crippen molar-refractivity contribution in [1.29, 1.82) is 0 Å². The van der Waals surface area contributed by atoms with Crippen LogP contribution in [0.15, 0.2) is 42.5 Å². The molecule has 0 aliphatic heterocycles. The summed E-state index contributed by atoms with van der Waals surface area (Å²) in [6.45, 7) is 0.381. The second-order valence-corrected chi connectivity index (χ2v) is 8.58. The Bertz CT molecular complexity index is 918. The molecule has 0 saturated heterocycles. The van der Waals surface area contributed by atoms with Gasteiger partial charge in [-0.25, -0.2) is 0 Å². The lowest BCUT2D eigenvalue weighted by Gasteiger charge is -2.30. The standard InChI is InChI=1S/C25H31N3O2/c26-16-17-6-4-11-21(14-17)24(29)28-23(19-7-2-1-3-8-19)25(30)27-22-13-12-18-9-5-10-20(18)15-22/h4,6,11-15,19,23H,1-3,5,7-10,16,26H2,(H,27,30)(H,28,29)/t23-/m1/s1. The summed E-state index contributed by atoms with van der Waals surface area (Å²) in [6, 6.07) is 12.9. The molecule has 1 saturated carbocycles. The Morgan fingerprint density at radius 1 is 0.967 bits per heavy atom. The summed E-state index contributed by atoms with van der Waals surface area (Å²) in [5.41, 5.74) is 10.7. The fourth-order valence-corrected chi connectivity index (χ4v) is 4.80. The fourth-order valence-electron chi connectivity index (χ4n) is 4.80. The second-order valence-electron chi connectivity index (χ2n) is 8.58. The molecule has 0 unspecified atom stereocenters. The van der Waals surface area contributed by atoms with E-state index in [1.165, 1.54) is 24.0 Å². The summed E-state index contributed by atoms with van der Waals surface area (Å²) >= 11 is 0. The molecule has 1 atom stereocenters. The number of fused-ring (bicyclic) bond motifs is 1. The number of carbonyl (C=O) groups excluding carboxylic acids is 2. The van der Waals surface area contributed by atoms with E-state index >= 15 is 0 Å². The molecule has 0 spiro atoms. The molecule has 2 aromatic rings.